The zero-order valence-electron chi connectivity index (χ0n) is 11.3. The van der Waals surface area contributed by atoms with E-state index in [-0.39, 0.29) is 6.10 Å². The van der Waals surface area contributed by atoms with E-state index in [9.17, 15) is 0 Å². The van der Waals surface area contributed by atoms with E-state index in [2.05, 4.69) is 13.8 Å². The average molecular weight is 258 g/mol. The lowest BCUT2D eigenvalue weighted by Crippen LogP contribution is -2.29. The summed E-state index contributed by atoms with van der Waals surface area (Å²) in [5, 5.41) is 20.3. The highest BCUT2D eigenvalue weighted by atomic mass is 16.5. The van der Waals surface area contributed by atoms with E-state index in [0.717, 1.165) is 29.4 Å². The molecule has 0 atom stereocenters. The number of benzene rings is 2. The van der Waals surface area contributed by atoms with Gasteiger partial charge in [-0.3, -0.25) is 0 Å². The zero-order valence-corrected chi connectivity index (χ0v) is 11.3. The molecule has 0 aliphatic carbocycles. The molecule has 0 aliphatic heterocycles. The fourth-order valence-corrected chi connectivity index (χ4v) is 2.12. The molecular formula is C15H19BO3. The molecule has 2 aromatic rings. The number of rotatable bonds is 5. The van der Waals surface area contributed by atoms with Crippen LogP contribution in [0.2, 0.25) is 0 Å². The maximum atomic E-state index is 9.15. The Morgan fingerprint density at radius 2 is 1.63 bits per heavy atom. The van der Waals surface area contributed by atoms with Crippen molar-refractivity contribution in [3.63, 3.8) is 0 Å². The summed E-state index contributed by atoms with van der Waals surface area (Å²) in [7, 11) is -1.43. The van der Waals surface area contributed by atoms with Crippen LogP contribution in [0.3, 0.4) is 0 Å². The number of hydrogen-bond donors (Lipinski definition) is 2. The molecule has 0 fully saturated rings. The van der Waals surface area contributed by atoms with E-state index in [1.165, 1.54) is 0 Å². The lowest BCUT2D eigenvalue weighted by molar-refractivity contribution is 0.193. The maximum absolute atomic E-state index is 9.15. The second kappa shape index (κ2) is 6.09. The summed E-state index contributed by atoms with van der Waals surface area (Å²) < 4.78 is 5.90. The molecule has 2 rings (SSSR count). The molecule has 0 saturated carbocycles. The van der Waals surface area contributed by atoms with Crippen LogP contribution in [0.15, 0.2) is 36.4 Å². The van der Waals surface area contributed by atoms with Crippen LogP contribution in [0.25, 0.3) is 10.8 Å². The fourth-order valence-electron chi connectivity index (χ4n) is 2.12. The molecule has 100 valence electrons. The SMILES string of the molecule is CCC(CC)Oc1ccc2cc(B(O)O)ccc2c1. The van der Waals surface area contributed by atoms with Gasteiger partial charge in [-0.25, -0.2) is 0 Å². The summed E-state index contributed by atoms with van der Waals surface area (Å²) >= 11 is 0. The molecule has 19 heavy (non-hydrogen) atoms. The topological polar surface area (TPSA) is 49.7 Å². The normalized spacial score (nSPS) is 11.0. The van der Waals surface area contributed by atoms with Crippen molar-refractivity contribution in [3.05, 3.63) is 36.4 Å². The molecule has 0 aromatic heterocycles. The first-order valence-corrected chi connectivity index (χ1v) is 6.70. The molecule has 0 aliphatic rings. The molecule has 0 saturated heterocycles. The Bertz CT molecular complexity index is 550. The monoisotopic (exact) mass is 258 g/mol. The van der Waals surface area contributed by atoms with E-state index in [0.29, 0.717) is 5.46 Å². The molecule has 0 amide bonds. The molecule has 0 bridgehead atoms. The van der Waals surface area contributed by atoms with Gasteiger partial charge in [0, 0.05) is 0 Å². The molecule has 0 spiro atoms. The van der Waals surface area contributed by atoms with Crippen molar-refractivity contribution in [3.8, 4) is 5.75 Å². The number of hydrogen-bond acceptors (Lipinski definition) is 3. The highest BCUT2D eigenvalue weighted by molar-refractivity contribution is 6.58. The summed E-state index contributed by atoms with van der Waals surface area (Å²) in [5.41, 5.74) is 0.501. The Labute approximate surface area is 114 Å². The summed E-state index contributed by atoms with van der Waals surface area (Å²) in [4.78, 5) is 0. The van der Waals surface area contributed by atoms with Gasteiger partial charge in [-0.05, 0) is 41.2 Å². The predicted molar refractivity (Wildman–Crippen MR) is 78.8 cm³/mol. The van der Waals surface area contributed by atoms with Crippen molar-refractivity contribution in [2.75, 3.05) is 0 Å². The third-order valence-electron chi connectivity index (χ3n) is 3.35. The van der Waals surface area contributed by atoms with Gasteiger partial charge >= 0.3 is 7.12 Å². The minimum atomic E-state index is -1.43. The Kier molecular flexibility index (Phi) is 4.45. The third kappa shape index (κ3) is 3.28. The largest absolute Gasteiger partial charge is 0.490 e. The standard InChI is InChI=1S/C15H19BO3/c1-3-14(4-2)19-15-8-6-11-9-13(16(17)18)7-5-12(11)10-15/h5-10,14,17-18H,3-4H2,1-2H3. The van der Waals surface area contributed by atoms with Crippen LogP contribution in [0.5, 0.6) is 5.75 Å². The van der Waals surface area contributed by atoms with Gasteiger partial charge < -0.3 is 14.8 Å². The Hall–Kier alpha value is -1.52. The first-order chi connectivity index (χ1) is 9.13. The van der Waals surface area contributed by atoms with Gasteiger partial charge in [0.25, 0.3) is 0 Å². The van der Waals surface area contributed by atoms with Gasteiger partial charge in [0.2, 0.25) is 0 Å². The van der Waals surface area contributed by atoms with E-state index >= 15 is 0 Å². The molecule has 2 N–H and O–H groups in total. The zero-order chi connectivity index (χ0) is 13.8. The lowest BCUT2D eigenvalue weighted by atomic mass is 9.79. The minimum absolute atomic E-state index is 0.246. The molecule has 0 radical (unpaired) electrons. The van der Waals surface area contributed by atoms with Gasteiger partial charge in [0.1, 0.15) is 5.75 Å². The highest BCUT2D eigenvalue weighted by Gasteiger charge is 2.11. The molecule has 0 heterocycles. The van der Waals surface area contributed by atoms with Crippen LogP contribution in [0.4, 0.5) is 0 Å². The smallest absolute Gasteiger partial charge is 0.488 e. The van der Waals surface area contributed by atoms with Crippen LogP contribution in [0, 0.1) is 0 Å². The highest BCUT2D eigenvalue weighted by Crippen LogP contribution is 2.22. The Morgan fingerprint density at radius 1 is 1.00 bits per heavy atom. The van der Waals surface area contributed by atoms with Crippen molar-refractivity contribution in [2.24, 2.45) is 0 Å². The van der Waals surface area contributed by atoms with Crippen LogP contribution in [0.1, 0.15) is 26.7 Å². The molecule has 2 aromatic carbocycles. The second-order valence-corrected chi connectivity index (χ2v) is 4.70. The van der Waals surface area contributed by atoms with Crippen LogP contribution < -0.4 is 10.2 Å². The van der Waals surface area contributed by atoms with E-state index < -0.39 is 7.12 Å². The fraction of sp³-hybridized carbons (Fsp3) is 0.333. The Balaban J connectivity index is 2.28. The van der Waals surface area contributed by atoms with Gasteiger partial charge in [-0.2, -0.15) is 0 Å². The predicted octanol–water partition coefficient (Wildman–Crippen LogP) is 2.09. The summed E-state index contributed by atoms with van der Waals surface area (Å²) in [6.45, 7) is 4.23. The maximum Gasteiger partial charge on any atom is 0.488 e. The molecular weight excluding hydrogens is 239 g/mol. The van der Waals surface area contributed by atoms with Gasteiger partial charge in [0.15, 0.2) is 0 Å². The van der Waals surface area contributed by atoms with E-state index in [1.807, 2.05) is 24.3 Å². The van der Waals surface area contributed by atoms with Crippen molar-refractivity contribution >= 4 is 23.4 Å². The van der Waals surface area contributed by atoms with Gasteiger partial charge in [0.05, 0.1) is 6.10 Å². The van der Waals surface area contributed by atoms with E-state index in [1.54, 1.807) is 12.1 Å². The van der Waals surface area contributed by atoms with Gasteiger partial charge in [-0.15, -0.1) is 0 Å². The average Bonchev–Trinajstić information content (AvgIpc) is 2.43. The summed E-state index contributed by atoms with van der Waals surface area (Å²) in [6.07, 6.45) is 2.23. The van der Waals surface area contributed by atoms with Crippen molar-refractivity contribution in [2.45, 2.75) is 32.8 Å². The van der Waals surface area contributed by atoms with E-state index in [4.69, 9.17) is 14.8 Å². The lowest BCUT2D eigenvalue weighted by Gasteiger charge is -2.16. The molecule has 4 heteroatoms. The first kappa shape index (κ1) is 13.9. The Morgan fingerprint density at radius 3 is 2.26 bits per heavy atom. The molecule has 0 unspecified atom stereocenters. The quantitative estimate of drug-likeness (QED) is 0.807. The third-order valence-corrected chi connectivity index (χ3v) is 3.35. The first-order valence-electron chi connectivity index (χ1n) is 6.70. The minimum Gasteiger partial charge on any atom is -0.490 e. The second-order valence-electron chi connectivity index (χ2n) is 4.70. The number of fused-ring (bicyclic) bond motifs is 1. The number of ether oxygens (including phenoxy) is 1. The van der Waals surface area contributed by atoms with Crippen LogP contribution in [-0.4, -0.2) is 23.3 Å². The molecule has 3 nitrogen and oxygen atoms in total. The summed E-state index contributed by atoms with van der Waals surface area (Å²) in [5.74, 6) is 0.860. The van der Waals surface area contributed by atoms with Crippen molar-refractivity contribution in [1.29, 1.82) is 0 Å². The van der Waals surface area contributed by atoms with Gasteiger partial charge in [-0.1, -0.05) is 38.1 Å². The van der Waals surface area contributed by atoms with Crippen molar-refractivity contribution in [1.82, 2.24) is 0 Å². The van der Waals surface area contributed by atoms with Crippen molar-refractivity contribution < 1.29 is 14.8 Å². The van der Waals surface area contributed by atoms with Crippen LogP contribution >= 0.6 is 0 Å². The van der Waals surface area contributed by atoms with Crippen LogP contribution in [-0.2, 0) is 0 Å². The summed E-state index contributed by atoms with van der Waals surface area (Å²) in [6, 6.07) is 11.2.